The van der Waals surface area contributed by atoms with Crippen LogP contribution in [0.4, 0.5) is 0 Å². The average Bonchev–Trinajstić information content (AvgIpc) is 2.82. The lowest BCUT2D eigenvalue weighted by atomic mass is 10.1. The quantitative estimate of drug-likeness (QED) is 0.858. The predicted octanol–water partition coefficient (Wildman–Crippen LogP) is 3.56. The van der Waals surface area contributed by atoms with Gasteiger partial charge in [-0.1, -0.05) is 35.0 Å². The molecule has 0 unspecified atom stereocenters. The molecule has 3 nitrogen and oxygen atoms in total. The Labute approximate surface area is 116 Å². The molecule has 1 aromatic heterocycles. The number of hydrogen-bond acceptors (Lipinski definition) is 3. The number of rotatable bonds is 5. The number of aromatic nitrogens is 1. The highest BCUT2D eigenvalue weighted by Gasteiger charge is 2.10. The third-order valence-electron chi connectivity index (χ3n) is 2.85. The van der Waals surface area contributed by atoms with E-state index in [1.807, 2.05) is 12.1 Å². The highest BCUT2D eigenvalue weighted by atomic mass is 79.9. The number of halogens is 1. The fourth-order valence-corrected chi connectivity index (χ4v) is 2.16. The van der Waals surface area contributed by atoms with Crippen molar-refractivity contribution in [3.8, 4) is 11.3 Å². The van der Waals surface area contributed by atoms with Crippen molar-refractivity contribution < 1.29 is 4.42 Å². The van der Waals surface area contributed by atoms with Gasteiger partial charge in [-0.15, -0.1) is 0 Å². The summed E-state index contributed by atoms with van der Waals surface area (Å²) in [6, 6.07) is 6.09. The van der Waals surface area contributed by atoms with E-state index in [2.05, 4.69) is 46.1 Å². The van der Waals surface area contributed by atoms with Gasteiger partial charge in [-0.05, 0) is 25.1 Å². The van der Waals surface area contributed by atoms with Crippen LogP contribution in [0.1, 0.15) is 18.4 Å². The molecule has 0 radical (unpaired) electrons. The van der Waals surface area contributed by atoms with Gasteiger partial charge in [-0.2, -0.15) is 0 Å². The summed E-state index contributed by atoms with van der Waals surface area (Å²) in [6.45, 7) is 6.03. The molecule has 1 heterocycles. The monoisotopic (exact) mass is 308 g/mol. The van der Waals surface area contributed by atoms with E-state index in [4.69, 9.17) is 4.42 Å². The van der Waals surface area contributed by atoms with E-state index in [0.717, 1.165) is 41.2 Å². The second-order valence-corrected chi connectivity index (χ2v) is 4.99. The second-order valence-electron chi connectivity index (χ2n) is 4.13. The molecular formula is C14H17BrN2O. The minimum absolute atomic E-state index is 0.783. The zero-order valence-electron chi connectivity index (χ0n) is 10.7. The van der Waals surface area contributed by atoms with E-state index in [-0.39, 0.29) is 0 Å². The van der Waals surface area contributed by atoms with Crippen LogP contribution in [-0.2, 0) is 6.42 Å². The van der Waals surface area contributed by atoms with Crippen molar-refractivity contribution in [1.29, 1.82) is 0 Å². The van der Waals surface area contributed by atoms with Crippen LogP contribution in [0.3, 0.4) is 0 Å². The largest absolute Gasteiger partial charge is 0.441 e. The fourth-order valence-electron chi connectivity index (χ4n) is 1.80. The van der Waals surface area contributed by atoms with Gasteiger partial charge in [0.25, 0.3) is 0 Å². The molecule has 0 saturated heterocycles. The molecular weight excluding hydrogens is 292 g/mol. The van der Waals surface area contributed by atoms with Gasteiger partial charge in [-0.25, -0.2) is 4.98 Å². The van der Waals surface area contributed by atoms with Crippen LogP contribution in [0.15, 0.2) is 33.3 Å². The molecule has 0 spiro atoms. The molecule has 18 heavy (non-hydrogen) atoms. The first-order valence-corrected chi connectivity index (χ1v) is 6.92. The first-order chi connectivity index (χ1) is 8.72. The van der Waals surface area contributed by atoms with Gasteiger partial charge in [0.15, 0.2) is 11.7 Å². The van der Waals surface area contributed by atoms with E-state index < -0.39 is 0 Å². The van der Waals surface area contributed by atoms with Crippen LogP contribution in [0.5, 0.6) is 0 Å². The van der Waals surface area contributed by atoms with E-state index in [9.17, 15) is 0 Å². The Morgan fingerprint density at radius 2 is 2.22 bits per heavy atom. The van der Waals surface area contributed by atoms with Crippen molar-refractivity contribution in [2.75, 3.05) is 13.1 Å². The highest BCUT2D eigenvalue weighted by molar-refractivity contribution is 9.10. The summed E-state index contributed by atoms with van der Waals surface area (Å²) in [5.41, 5.74) is 2.26. The Bertz CT molecular complexity index is 522. The van der Waals surface area contributed by atoms with E-state index in [0.29, 0.717) is 0 Å². The smallest absolute Gasteiger partial charge is 0.196 e. The topological polar surface area (TPSA) is 38.1 Å². The van der Waals surface area contributed by atoms with Gasteiger partial charge in [0.05, 0.1) is 6.20 Å². The first-order valence-electron chi connectivity index (χ1n) is 6.13. The van der Waals surface area contributed by atoms with Crippen molar-refractivity contribution in [3.63, 3.8) is 0 Å². The Kier molecular flexibility index (Phi) is 4.55. The number of nitrogens with one attached hydrogen (secondary N) is 1. The van der Waals surface area contributed by atoms with Crippen LogP contribution in [0.2, 0.25) is 0 Å². The van der Waals surface area contributed by atoms with Crippen molar-refractivity contribution in [2.45, 2.75) is 20.3 Å². The molecule has 2 rings (SSSR count). The van der Waals surface area contributed by atoms with E-state index in [1.165, 1.54) is 5.56 Å². The van der Waals surface area contributed by atoms with Crippen LogP contribution in [0.25, 0.3) is 11.3 Å². The molecule has 0 fully saturated rings. The summed E-state index contributed by atoms with van der Waals surface area (Å²) in [4.78, 5) is 4.31. The summed E-state index contributed by atoms with van der Waals surface area (Å²) < 4.78 is 6.87. The van der Waals surface area contributed by atoms with Gasteiger partial charge in [0.2, 0.25) is 0 Å². The van der Waals surface area contributed by atoms with Gasteiger partial charge in [-0.3, -0.25) is 0 Å². The van der Waals surface area contributed by atoms with Gasteiger partial charge in [0.1, 0.15) is 0 Å². The summed E-state index contributed by atoms with van der Waals surface area (Å²) in [6.07, 6.45) is 2.62. The lowest BCUT2D eigenvalue weighted by molar-refractivity contribution is 0.497. The minimum atomic E-state index is 0.783. The fraction of sp³-hybridized carbons (Fsp3) is 0.357. The molecule has 0 aliphatic carbocycles. The molecule has 1 aromatic carbocycles. The van der Waals surface area contributed by atoms with Crippen LogP contribution in [0, 0.1) is 6.92 Å². The van der Waals surface area contributed by atoms with Crippen molar-refractivity contribution >= 4 is 15.9 Å². The summed E-state index contributed by atoms with van der Waals surface area (Å²) in [5, 5.41) is 3.26. The van der Waals surface area contributed by atoms with E-state index in [1.54, 1.807) is 6.20 Å². The van der Waals surface area contributed by atoms with Crippen molar-refractivity contribution in [1.82, 2.24) is 10.3 Å². The molecule has 96 valence electrons. The molecule has 4 heteroatoms. The zero-order chi connectivity index (χ0) is 13.0. The first kappa shape index (κ1) is 13.3. The van der Waals surface area contributed by atoms with Crippen LogP contribution in [-0.4, -0.2) is 18.1 Å². The third kappa shape index (κ3) is 3.00. The molecule has 0 aliphatic heterocycles. The van der Waals surface area contributed by atoms with Gasteiger partial charge >= 0.3 is 0 Å². The normalized spacial score (nSPS) is 10.8. The molecule has 0 bridgehead atoms. The van der Waals surface area contributed by atoms with Crippen molar-refractivity contribution in [2.24, 2.45) is 0 Å². The molecule has 0 saturated carbocycles. The zero-order valence-corrected chi connectivity index (χ0v) is 12.3. The Morgan fingerprint density at radius 1 is 1.39 bits per heavy atom. The number of benzene rings is 1. The van der Waals surface area contributed by atoms with Crippen LogP contribution >= 0.6 is 15.9 Å². The summed E-state index contributed by atoms with van der Waals surface area (Å²) >= 11 is 3.53. The Balaban J connectivity index is 2.16. The van der Waals surface area contributed by atoms with Crippen molar-refractivity contribution in [3.05, 3.63) is 40.3 Å². The number of likely N-dealkylation sites (N-methyl/N-ethyl adjacent to an activating group) is 1. The standard InChI is InChI=1S/C14H17BrN2O/c1-3-16-8-7-14-17-9-13(18-14)11-5-4-6-12(15)10(11)2/h4-6,9,16H,3,7-8H2,1-2H3. The highest BCUT2D eigenvalue weighted by Crippen LogP contribution is 2.28. The van der Waals surface area contributed by atoms with Gasteiger partial charge < -0.3 is 9.73 Å². The molecule has 1 N–H and O–H groups in total. The van der Waals surface area contributed by atoms with Gasteiger partial charge in [0, 0.05) is 23.0 Å². The average molecular weight is 309 g/mol. The summed E-state index contributed by atoms with van der Waals surface area (Å²) in [7, 11) is 0. The summed E-state index contributed by atoms with van der Waals surface area (Å²) in [5.74, 6) is 1.62. The third-order valence-corrected chi connectivity index (χ3v) is 3.71. The Hall–Kier alpha value is -1.13. The number of hydrogen-bond donors (Lipinski definition) is 1. The maximum Gasteiger partial charge on any atom is 0.196 e. The maximum absolute atomic E-state index is 5.78. The Morgan fingerprint density at radius 3 is 3.00 bits per heavy atom. The van der Waals surface area contributed by atoms with Crippen LogP contribution < -0.4 is 5.32 Å². The lowest BCUT2D eigenvalue weighted by Crippen LogP contribution is -2.16. The molecule has 2 aromatic rings. The maximum atomic E-state index is 5.78. The number of oxazole rings is 1. The SMILES string of the molecule is CCNCCc1ncc(-c2cccc(Br)c2C)o1. The minimum Gasteiger partial charge on any atom is -0.441 e. The number of nitrogens with zero attached hydrogens (tertiary/aromatic N) is 1. The molecule has 0 aliphatic rings. The molecule has 0 amide bonds. The molecule has 0 atom stereocenters. The predicted molar refractivity (Wildman–Crippen MR) is 76.6 cm³/mol. The second kappa shape index (κ2) is 6.16. The lowest BCUT2D eigenvalue weighted by Gasteiger charge is -2.03. The van der Waals surface area contributed by atoms with E-state index >= 15 is 0 Å².